The van der Waals surface area contributed by atoms with Crippen molar-refractivity contribution in [3.05, 3.63) is 0 Å². The minimum absolute atomic E-state index is 0.418. The van der Waals surface area contributed by atoms with E-state index in [-0.39, 0.29) is 0 Å². The van der Waals surface area contributed by atoms with E-state index in [0.29, 0.717) is 21.7 Å². The first-order valence-electron chi connectivity index (χ1n) is 8.00. The third-order valence-electron chi connectivity index (χ3n) is 6.29. The summed E-state index contributed by atoms with van der Waals surface area (Å²) in [5, 5.41) is 0. The van der Waals surface area contributed by atoms with Crippen LogP contribution in [0.15, 0.2) is 0 Å². The first-order valence-corrected chi connectivity index (χ1v) is 8.00. The zero-order valence-electron chi connectivity index (χ0n) is 16.3. The van der Waals surface area contributed by atoms with Gasteiger partial charge in [-0.05, 0) is 27.6 Å². The van der Waals surface area contributed by atoms with Gasteiger partial charge in [0.05, 0.1) is 0 Å². The van der Waals surface area contributed by atoms with Crippen LogP contribution in [0.3, 0.4) is 0 Å². The fourth-order valence-corrected chi connectivity index (χ4v) is 1.40. The maximum Gasteiger partial charge on any atom is -0.0283 e. The van der Waals surface area contributed by atoms with Gasteiger partial charge in [-0.15, -0.1) is 0 Å². The molecule has 0 aliphatic rings. The van der Waals surface area contributed by atoms with Crippen LogP contribution in [0.2, 0.25) is 0 Å². The van der Waals surface area contributed by atoms with Crippen LogP contribution >= 0.6 is 0 Å². The summed E-state index contributed by atoms with van der Waals surface area (Å²) in [7, 11) is 0. The van der Waals surface area contributed by atoms with E-state index in [4.69, 9.17) is 0 Å². The summed E-state index contributed by atoms with van der Waals surface area (Å²) in [6.45, 7) is 30.0. The highest BCUT2D eigenvalue weighted by Gasteiger charge is 2.35. The molecular weight excluding hydrogens is 228 g/mol. The molecule has 0 amide bonds. The summed E-state index contributed by atoms with van der Waals surface area (Å²) in [5.74, 6) is 0.757. The van der Waals surface area contributed by atoms with Gasteiger partial charge in [0.25, 0.3) is 0 Å². The largest absolute Gasteiger partial charge is 0.0649 e. The van der Waals surface area contributed by atoms with Gasteiger partial charge < -0.3 is 0 Å². The third kappa shape index (κ3) is 6.32. The SMILES string of the molecule is CC(C)C(C)(C)C(C)(C)C.CCC(C)(C)C(C)(C)C. The zero-order valence-corrected chi connectivity index (χ0v) is 16.3. The first-order chi connectivity index (χ1) is 8.00. The second kappa shape index (κ2) is 6.64. The Balaban J connectivity index is 0. The van der Waals surface area contributed by atoms with Crippen LogP contribution in [0.4, 0.5) is 0 Å². The lowest BCUT2D eigenvalue weighted by molar-refractivity contribution is 0.0737. The fraction of sp³-hybridized carbons (Fsp3) is 1.00. The van der Waals surface area contributed by atoms with Crippen molar-refractivity contribution in [3.63, 3.8) is 0 Å². The standard InChI is InChI=1S/C10H22.C9H20/c1-8(2)10(6,7)9(3,4)5;1-7-9(5,6)8(2,3)4/h8H,1-7H3;7H2,1-6H3. The van der Waals surface area contributed by atoms with Gasteiger partial charge in [-0.3, -0.25) is 0 Å². The van der Waals surface area contributed by atoms with Gasteiger partial charge in [-0.1, -0.05) is 96.4 Å². The van der Waals surface area contributed by atoms with E-state index in [1.165, 1.54) is 6.42 Å². The molecule has 0 radical (unpaired) electrons. The van der Waals surface area contributed by atoms with Crippen molar-refractivity contribution in [3.8, 4) is 0 Å². The van der Waals surface area contributed by atoms with Crippen LogP contribution in [-0.4, -0.2) is 0 Å². The smallest absolute Gasteiger partial charge is 0.0283 e. The van der Waals surface area contributed by atoms with E-state index in [0.717, 1.165) is 5.92 Å². The molecular formula is C19H42. The molecule has 0 aliphatic carbocycles. The van der Waals surface area contributed by atoms with Crippen LogP contribution in [0.25, 0.3) is 0 Å². The van der Waals surface area contributed by atoms with E-state index in [2.05, 4.69) is 90.0 Å². The van der Waals surface area contributed by atoms with Crippen molar-refractivity contribution in [1.29, 1.82) is 0 Å². The van der Waals surface area contributed by atoms with Crippen molar-refractivity contribution in [2.75, 3.05) is 0 Å². The predicted molar refractivity (Wildman–Crippen MR) is 91.6 cm³/mol. The second-order valence-corrected chi connectivity index (χ2v) is 9.61. The van der Waals surface area contributed by atoms with Crippen molar-refractivity contribution in [2.45, 2.75) is 96.4 Å². The Hall–Kier alpha value is 0. The molecule has 0 nitrogen and oxygen atoms in total. The first kappa shape index (κ1) is 21.3. The Kier molecular flexibility index (Phi) is 7.44. The Labute approximate surface area is 124 Å². The topological polar surface area (TPSA) is 0 Å². The molecule has 0 saturated heterocycles. The van der Waals surface area contributed by atoms with Crippen LogP contribution in [-0.2, 0) is 0 Å². The Morgan fingerprint density at radius 1 is 0.632 bits per heavy atom. The molecule has 0 aromatic heterocycles. The molecule has 0 saturated carbocycles. The summed E-state index contributed by atoms with van der Waals surface area (Å²) in [5.41, 5.74) is 1.78. The molecule has 19 heavy (non-hydrogen) atoms. The monoisotopic (exact) mass is 270 g/mol. The van der Waals surface area contributed by atoms with E-state index < -0.39 is 0 Å². The molecule has 0 bridgehead atoms. The molecule has 0 heterocycles. The highest BCUT2D eigenvalue weighted by molar-refractivity contribution is 4.84. The van der Waals surface area contributed by atoms with Gasteiger partial charge in [0.1, 0.15) is 0 Å². The van der Waals surface area contributed by atoms with Gasteiger partial charge in [-0.25, -0.2) is 0 Å². The van der Waals surface area contributed by atoms with E-state index in [1.54, 1.807) is 0 Å². The summed E-state index contributed by atoms with van der Waals surface area (Å²) >= 11 is 0. The lowest BCUT2D eigenvalue weighted by Gasteiger charge is -2.42. The molecule has 0 aromatic rings. The minimum Gasteiger partial charge on any atom is -0.0649 e. The van der Waals surface area contributed by atoms with Gasteiger partial charge in [0.15, 0.2) is 0 Å². The molecule has 0 aliphatic heterocycles. The van der Waals surface area contributed by atoms with Gasteiger partial charge in [-0.2, -0.15) is 0 Å². The highest BCUT2D eigenvalue weighted by atomic mass is 14.4. The third-order valence-corrected chi connectivity index (χ3v) is 6.29. The molecule has 0 rings (SSSR count). The van der Waals surface area contributed by atoms with Gasteiger partial charge >= 0.3 is 0 Å². The van der Waals surface area contributed by atoms with E-state index in [9.17, 15) is 0 Å². The zero-order chi connectivity index (χ0) is 16.3. The maximum atomic E-state index is 2.34. The van der Waals surface area contributed by atoms with Crippen molar-refractivity contribution in [1.82, 2.24) is 0 Å². The molecule has 118 valence electrons. The summed E-state index contributed by atoms with van der Waals surface area (Å²) in [6, 6.07) is 0. The average molecular weight is 271 g/mol. The minimum atomic E-state index is 0.418. The summed E-state index contributed by atoms with van der Waals surface area (Å²) < 4.78 is 0. The lowest BCUT2D eigenvalue weighted by Crippen LogP contribution is -2.34. The maximum absolute atomic E-state index is 2.34. The second-order valence-electron chi connectivity index (χ2n) is 9.61. The van der Waals surface area contributed by atoms with Crippen LogP contribution in [0.1, 0.15) is 96.4 Å². The molecule has 0 N–H and O–H groups in total. The summed E-state index contributed by atoms with van der Waals surface area (Å²) in [4.78, 5) is 0. The van der Waals surface area contributed by atoms with Crippen LogP contribution in [0, 0.1) is 27.6 Å². The fourth-order valence-electron chi connectivity index (χ4n) is 1.40. The van der Waals surface area contributed by atoms with Gasteiger partial charge in [0, 0.05) is 0 Å². The normalized spacial score (nSPS) is 14.2. The Morgan fingerprint density at radius 2 is 0.947 bits per heavy atom. The van der Waals surface area contributed by atoms with Crippen molar-refractivity contribution >= 4 is 0 Å². The van der Waals surface area contributed by atoms with E-state index >= 15 is 0 Å². The number of rotatable bonds is 2. The molecule has 0 spiro atoms. The lowest BCUT2D eigenvalue weighted by atomic mass is 9.63. The average Bonchev–Trinajstić information content (AvgIpc) is 2.14. The molecule has 0 unspecified atom stereocenters. The molecule has 0 fully saturated rings. The number of hydrogen-bond acceptors (Lipinski definition) is 0. The Morgan fingerprint density at radius 3 is 0.947 bits per heavy atom. The summed E-state index contributed by atoms with van der Waals surface area (Å²) in [6.07, 6.45) is 1.26. The molecule has 0 atom stereocenters. The molecule has 0 heteroatoms. The predicted octanol–water partition coefficient (Wildman–Crippen LogP) is 7.18. The van der Waals surface area contributed by atoms with Crippen molar-refractivity contribution < 1.29 is 0 Å². The molecule has 0 aromatic carbocycles. The number of hydrogen-bond donors (Lipinski definition) is 0. The quantitative estimate of drug-likeness (QED) is 0.498. The highest BCUT2D eigenvalue weighted by Crippen LogP contribution is 2.43. The van der Waals surface area contributed by atoms with Crippen LogP contribution in [0.5, 0.6) is 0 Å². The Bertz CT molecular complexity index is 240. The van der Waals surface area contributed by atoms with Gasteiger partial charge in [0.2, 0.25) is 0 Å². The van der Waals surface area contributed by atoms with E-state index in [1.807, 2.05) is 0 Å². The van der Waals surface area contributed by atoms with Crippen molar-refractivity contribution in [2.24, 2.45) is 27.6 Å². The van der Waals surface area contributed by atoms with Crippen LogP contribution < -0.4 is 0 Å².